The van der Waals surface area contributed by atoms with E-state index in [4.69, 9.17) is 4.74 Å². The van der Waals surface area contributed by atoms with Gasteiger partial charge in [-0.15, -0.1) is 0 Å². The number of piperidine rings is 1. The highest BCUT2D eigenvalue weighted by atomic mass is 16.5. The first-order valence-electron chi connectivity index (χ1n) is 10.6. The Morgan fingerprint density at radius 3 is 2.72 bits per heavy atom. The predicted molar refractivity (Wildman–Crippen MR) is 109 cm³/mol. The normalized spacial score (nSPS) is 32.1. The van der Waals surface area contributed by atoms with Gasteiger partial charge < -0.3 is 20.1 Å². The van der Waals surface area contributed by atoms with Crippen LogP contribution in [-0.4, -0.2) is 71.8 Å². The fourth-order valence-corrected chi connectivity index (χ4v) is 5.70. The molecule has 0 spiro atoms. The molecule has 7 nitrogen and oxygen atoms in total. The van der Waals surface area contributed by atoms with E-state index in [2.05, 4.69) is 5.32 Å². The van der Waals surface area contributed by atoms with Crippen molar-refractivity contribution < 1.29 is 19.4 Å². The summed E-state index contributed by atoms with van der Waals surface area (Å²) in [6, 6.07) is 5.57. The number of imide groups is 1. The van der Waals surface area contributed by atoms with Gasteiger partial charge in [0.05, 0.1) is 12.7 Å². The number of amides is 3. The standard InChI is InChI=1S/C22H31N3O4/c1-4-24-11-9-22(28)18-12-15-6-7-16(29-3)13-17(15)21(22,8-10-23-18)14-19(26)25(5-2)20(24)27/h6-7,13,18,23,28H,4-5,8-12,14H2,1-3H3/t18-,21-,22-/m1/s1. The van der Waals surface area contributed by atoms with Crippen molar-refractivity contribution in [3.05, 3.63) is 29.3 Å². The summed E-state index contributed by atoms with van der Waals surface area (Å²) >= 11 is 0. The molecule has 4 rings (SSSR count). The van der Waals surface area contributed by atoms with Gasteiger partial charge in [0.15, 0.2) is 0 Å². The fourth-order valence-electron chi connectivity index (χ4n) is 5.70. The Labute approximate surface area is 172 Å². The van der Waals surface area contributed by atoms with Gasteiger partial charge in [0.25, 0.3) is 0 Å². The lowest BCUT2D eigenvalue weighted by Gasteiger charge is -2.58. The van der Waals surface area contributed by atoms with Crippen molar-refractivity contribution in [1.29, 1.82) is 0 Å². The Kier molecular flexibility index (Phi) is 5.07. The summed E-state index contributed by atoms with van der Waals surface area (Å²) in [5.41, 5.74) is 0.289. The lowest BCUT2D eigenvalue weighted by atomic mass is 9.52. The molecule has 2 saturated heterocycles. The predicted octanol–water partition coefficient (Wildman–Crippen LogP) is 1.67. The van der Waals surface area contributed by atoms with Gasteiger partial charge in [-0.1, -0.05) is 6.07 Å². The second-order valence-electron chi connectivity index (χ2n) is 8.42. The third kappa shape index (κ3) is 2.86. The van der Waals surface area contributed by atoms with Crippen molar-refractivity contribution in [2.24, 2.45) is 0 Å². The molecule has 2 bridgehead atoms. The molecule has 2 fully saturated rings. The van der Waals surface area contributed by atoms with Crippen molar-refractivity contribution in [3.8, 4) is 5.75 Å². The first kappa shape index (κ1) is 20.2. The van der Waals surface area contributed by atoms with E-state index >= 15 is 0 Å². The molecule has 2 N–H and O–H groups in total. The number of aliphatic hydroxyl groups is 1. The van der Waals surface area contributed by atoms with Crippen LogP contribution in [0.3, 0.4) is 0 Å². The summed E-state index contributed by atoms with van der Waals surface area (Å²) in [7, 11) is 1.63. The van der Waals surface area contributed by atoms with Crippen LogP contribution in [0.4, 0.5) is 4.79 Å². The number of hydrogen-bond donors (Lipinski definition) is 2. The molecule has 3 aliphatic rings. The van der Waals surface area contributed by atoms with Crippen LogP contribution in [0.5, 0.6) is 5.75 Å². The molecule has 1 aromatic rings. The molecule has 2 aliphatic heterocycles. The minimum absolute atomic E-state index is 0.124. The first-order valence-corrected chi connectivity index (χ1v) is 10.6. The van der Waals surface area contributed by atoms with Crippen LogP contribution >= 0.6 is 0 Å². The molecule has 29 heavy (non-hydrogen) atoms. The van der Waals surface area contributed by atoms with Crippen LogP contribution in [-0.2, 0) is 16.6 Å². The molecule has 0 saturated carbocycles. The average molecular weight is 402 g/mol. The molecular weight excluding hydrogens is 370 g/mol. The fraction of sp³-hybridized carbons (Fsp3) is 0.636. The molecule has 0 aromatic heterocycles. The summed E-state index contributed by atoms with van der Waals surface area (Å²) < 4.78 is 5.47. The number of urea groups is 1. The molecule has 7 heteroatoms. The first-order chi connectivity index (χ1) is 13.9. The highest BCUT2D eigenvalue weighted by Crippen LogP contribution is 2.53. The Balaban J connectivity index is 1.91. The van der Waals surface area contributed by atoms with Crippen molar-refractivity contribution in [2.75, 3.05) is 33.3 Å². The number of hydrogen-bond acceptors (Lipinski definition) is 5. The second kappa shape index (κ2) is 7.29. The van der Waals surface area contributed by atoms with Crippen LogP contribution < -0.4 is 10.1 Å². The van der Waals surface area contributed by atoms with E-state index in [-0.39, 0.29) is 24.4 Å². The molecule has 3 amide bonds. The molecule has 0 unspecified atom stereocenters. The number of rotatable bonds is 3. The van der Waals surface area contributed by atoms with Crippen LogP contribution in [0.1, 0.15) is 44.2 Å². The number of benzene rings is 1. The maximum absolute atomic E-state index is 13.4. The average Bonchev–Trinajstić information content (AvgIpc) is 2.73. The van der Waals surface area contributed by atoms with Gasteiger partial charge in [-0.25, -0.2) is 4.79 Å². The Morgan fingerprint density at radius 2 is 2.03 bits per heavy atom. The van der Waals surface area contributed by atoms with Crippen molar-refractivity contribution >= 4 is 11.9 Å². The van der Waals surface area contributed by atoms with Gasteiger partial charge in [-0.05, 0) is 62.9 Å². The number of nitrogens with one attached hydrogen (secondary N) is 1. The number of ether oxygens (including phenoxy) is 1. The van der Waals surface area contributed by atoms with Crippen molar-refractivity contribution in [2.45, 2.75) is 56.6 Å². The van der Waals surface area contributed by atoms with Gasteiger partial charge >= 0.3 is 6.03 Å². The van der Waals surface area contributed by atoms with Gasteiger partial charge in [0.2, 0.25) is 5.91 Å². The van der Waals surface area contributed by atoms with Gasteiger partial charge in [-0.3, -0.25) is 9.69 Å². The minimum Gasteiger partial charge on any atom is -0.497 e. The zero-order valence-corrected chi connectivity index (χ0v) is 17.5. The Morgan fingerprint density at radius 1 is 1.24 bits per heavy atom. The van der Waals surface area contributed by atoms with Crippen molar-refractivity contribution in [1.82, 2.24) is 15.1 Å². The van der Waals surface area contributed by atoms with Crippen LogP contribution in [0.2, 0.25) is 0 Å². The number of methoxy groups -OCH3 is 1. The third-order valence-electron chi connectivity index (χ3n) is 7.32. The zero-order valence-electron chi connectivity index (χ0n) is 17.5. The zero-order chi connectivity index (χ0) is 20.8. The van der Waals surface area contributed by atoms with Gasteiger partial charge in [0, 0.05) is 37.5 Å². The van der Waals surface area contributed by atoms with Crippen LogP contribution in [0.15, 0.2) is 18.2 Å². The van der Waals surface area contributed by atoms with E-state index in [1.54, 1.807) is 12.0 Å². The maximum atomic E-state index is 13.4. The molecular formula is C22H31N3O4. The summed E-state index contributed by atoms with van der Waals surface area (Å²) in [5.74, 6) is 0.510. The summed E-state index contributed by atoms with van der Waals surface area (Å²) in [4.78, 5) is 29.4. The Bertz CT molecular complexity index is 828. The van der Waals surface area contributed by atoms with E-state index in [0.717, 1.165) is 23.4 Å². The van der Waals surface area contributed by atoms with E-state index < -0.39 is 11.0 Å². The second-order valence-corrected chi connectivity index (χ2v) is 8.42. The Hall–Kier alpha value is -2.12. The maximum Gasteiger partial charge on any atom is 0.326 e. The largest absolute Gasteiger partial charge is 0.497 e. The SMILES string of the molecule is CCN1CC[C@@]2(O)[C@H]3Cc4ccc(OC)cc4[C@@]2(CCN3)CC(=O)N(CC)C1=O. The molecule has 3 atom stereocenters. The lowest BCUT2D eigenvalue weighted by Crippen LogP contribution is -2.71. The molecule has 158 valence electrons. The summed E-state index contributed by atoms with van der Waals surface area (Å²) in [6.07, 6.45) is 1.90. The monoisotopic (exact) mass is 401 g/mol. The number of fused-ring (bicyclic) bond motifs is 1. The highest BCUT2D eigenvalue weighted by Gasteiger charge is 2.62. The van der Waals surface area contributed by atoms with Gasteiger partial charge in [-0.2, -0.15) is 0 Å². The topological polar surface area (TPSA) is 82.1 Å². The highest BCUT2D eigenvalue weighted by molar-refractivity contribution is 5.95. The number of carbonyl (C=O) groups excluding carboxylic acids is 2. The third-order valence-corrected chi connectivity index (χ3v) is 7.32. The molecule has 2 heterocycles. The van der Waals surface area contributed by atoms with E-state index in [9.17, 15) is 14.7 Å². The molecule has 1 aliphatic carbocycles. The van der Waals surface area contributed by atoms with Gasteiger partial charge in [0.1, 0.15) is 5.75 Å². The quantitative estimate of drug-likeness (QED) is 0.805. The van der Waals surface area contributed by atoms with Crippen LogP contribution in [0.25, 0.3) is 0 Å². The van der Waals surface area contributed by atoms with Crippen LogP contribution in [0, 0.1) is 0 Å². The van der Waals surface area contributed by atoms with E-state index in [1.165, 1.54) is 4.90 Å². The smallest absolute Gasteiger partial charge is 0.326 e. The lowest BCUT2D eigenvalue weighted by molar-refractivity contribution is -0.140. The number of nitrogens with zero attached hydrogens (tertiary/aromatic N) is 2. The molecule has 0 radical (unpaired) electrons. The number of carbonyl (C=O) groups is 2. The van der Waals surface area contributed by atoms with E-state index in [0.29, 0.717) is 38.9 Å². The summed E-state index contributed by atoms with van der Waals surface area (Å²) in [5, 5.41) is 15.7. The summed E-state index contributed by atoms with van der Waals surface area (Å²) in [6.45, 7) is 5.73. The minimum atomic E-state index is -1.11. The molecule has 1 aromatic carbocycles. The van der Waals surface area contributed by atoms with E-state index in [1.807, 2.05) is 32.0 Å². The van der Waals surface area contributed by atoms with Crippen molar-refractivity contribution in [3.63, 3.8) is 0 Å².